The zero-order chi connectivity index (χ0) is 14.7. The van der Waals surface area contributed by atoms with E-state index < -0.39 is 0 Å². The molecule has 2 nitrogen and oxygen atoms in total. The lowest BCUT2D eigenvalue weighted by Crippen LogP contribution is -2.32. The van der Waals surface area contributed by atoms with E-state index in [4.69, 9.17) is 9.47 Å². The molecule has 0 rings (SSSR count). The van der Waals surface area contributed by atoms with Crippen LogP contribution in [0.1, 0.15) is 72.6 Å². The van der Waals surface area contributed by atoms with Crippen molar-refractivity contribution in [3.63, 3.8) is 0 Å². The summed E-state index contributed by atoms with van der Waals surface area (Å²) in [5.41, 5.74) is 0.0995. The van der Waals surface area contributed by atoms with Crippen molar-refractivity contribution in [1.82, 2.24) is 0 Å². The molecule has 0 aliphatic carbocycles. The quantitative estimate of drug-likeness (QED) is 0.462. The Morgan fingerprint density at radius 1 is 0.789 bits per heavy atom. The van der Waals surface area contributed by atoms with Crippen LogP contribution in [0.2, 0.25) is 0 Å². The maximum Gasteiger partial charge on any atom is 0.0679 e. The van der Waals surface area contributed by atoms with Crippen LogP contribution in [-0.2, 0) is 9.47 Å². The highest BCUT2D eigenvalue weighted by atomic mass is 16.5. The lowest BCUT2D eigenvalue weighted by Gasteiger charge is -2.34. The minimum absolute atomic E-state index is 0.0995. The van der Waals surface area contributed by atoms with E-state index in [9.17, 15) is 0 Å². The second kappa shape index (κ2) is 10.7. The molecule has 2 heteroatoms. The van der Waals surface area contributed by atoms with Gasteiger partial charge in [0.25, 0.3) is 0 Å². The minimum Gasteiger partial charge on any atom is -0.385 e. The summed E-state index contributed by atoms with van der Waals surface area (Å²) in [7, 11) is 3.68. The van der Waals surface area contributed by atoms with E-state index in [1.807, 2.05) is 7.11 Å². The van der Waals surface area contributed by atoms with Crippen LogP contribution in [0, 0.1) is 11.8 Å². The molecule has 0 saturated carbocycles. The zero-order valence-corrected chi connectivity index (χ0v) is 14.1. The lowest BCUT2D eigenvalue weighted by molar-refractivity contribution is -0.0406. The van der Waals surface area contributed by atoms with Gasteiger partial charge >= 0.3 is 0 Å². The molecular weight excluding hydrogens is 236 g/mol. The van der Waals surface area contributed by atoms with Crippen LogP contribution in [0.3, 0.4) is 0 Å². The fraction of sp³-hybridized carbons (Fsp3) is 1.00. The zero-order valence-electron chi connectivity index (χ0n) is 14.1. The molecule has 0 atom stereocenters. The summed E-state index contributed by atoms with van der Waals surface area (Å²) < 4.78 is 11.1. The van der Waals surface area contributed by atoms with E-state index in [-0.39, 0.29) is 5.60 Å². The Labute approximate surface area is 121 Å². The van der Waals surface area contributed by atoms with Gasteiger partial charge in [-0.1, -0.05) is 27.7 Å². The third kappa shape index (κ3) is 9.45. The molecule has 0 heterocycles. The molecule has 0 aromatic carbocycles. The van der Waals surface area contributed by atoms with Gasteiger partial charge in [0.05, 0.1) is 5.60 Å². The first-order valence-corrected chi connectivity index (χ1v) is 8.00. The van der Waals surface area contributed by atoms with Gasteiger partial charge in [-0.15, -0.1) is 0 Å². The molecule has 116 valence electrons. The Morgan fingerprint density at radius 3 is 1.68 bits per heavy atom. The van der Waals surface area contributed by atoms with Crippen molar-refractivity contribution in [3.05, 3.63) is 0 Å². The van der Waals surface area contributed by atoms with E-state index in [0.29, 0.717) is 0 Å². The fourth-order valence-corrected chi connectivity index (χ4v) is 2.48. The van der Waals surface area contributed by atoms with Crippen molar-refractivity contribution in [2.75, 3.05) is 20.8 Å². The van der Waals surface area contributed by atoms with Crippen molar-refractivity contribution in [2.24, 2.45) is 11.8 Å². The normalized spacial score (nSPS) is 12.6. The van der Waals surface area contributed by atoms with Crippen LogP contribution < -0.4 is 0 Å². The summed E-state index contributed by atoms with van der Waals surface area (Å²) in [5, 5.41) is 0. The van der Waals surface area contributed by atoms with Crippen molar-refractivity contribution >= 4 is 0 Å². The summed E-state index contributed by atoms with van der Waals surface area (Å²) in [6.45, 7) is 10.1. The average molecular weight is 272 g/mol. The third-order valence-corrected chi connectivity index (χ3v) is 4.02. The van der Waals surface area contributed by atoms with E-state index in [0.717, 1.165) is 24.9 Å². The molecule has 19 heavy (non-hydrogen) atoms. The molecule has 0 fully saturated rings. The number of ether oxygens (including phenoxy) is 2. The van der Waals surface area contributed by atoms with Crippen LogP contribution >= 0.6 is 0 Å². The number of methoxy groups -OCH3 is 2. The van der Waals surface area contributed by atoms with Gasteiger partial charge in [0.2, 0.25) is 0 Å². The number of rotatable bonds is 12. The van der Waals surface area contributed by atoms with Gasteiger partial charge in [-0.05, 0) is 56.8 Å². The van der Waals surface area contributed by atoms with Gasteiger partial charge in [0, 0.05) is 20.8 Å². The Bertz CT molecular complexity index is 187. The van der Waals surface area contributed by atoms with Crippen LogP contribution in [0.4, 0.5) is 0 Å². The summed E-state index contributed by atoms with van der Waals surface area (Å²) >= 11 is 0. The molecule has 0 aromatic heterocycles. The third-order valence-electron chi connectivity index (χ3n) is 4.02. The minimum atomic E-state index is 0.0995. The smallest absolute Gasteiger partial charge is 0.0679 e. The summed E-state index contributed by atoms with van der Waals surface area (Å²) in [6, 6.07) is 0. The van der Waals surface area contributed by atoms with E-state index in [1.54, 1.807) is 7.11 Å². The van der Waals surface area contributed by atoms with Crippen molar-refractivity contribution in [1.29, 1.82) is 0 Å². The highest BCUT2D eigenvalue weighted by Gasteiger charge is 2.29. The molecule has 0 bridgehead atoms. The van der Waals surface area contributed by atoms with E-state index in [1.165, 1.54) is 38.5 Å². The van der Waals surface area contributed by atoms with Gasteiger partial charge < -0.3 is 9.47 Å². The Balaban J connectivity index is 4.36. The van der Waals surface area contributed by atoms with Gasteiger partial charge in [-0.25, -0.2) is 0 Å². The first kappa shape index (κ1) is 18.9. The first-order valence-electron chi connectivity index (χ1n) is 8.00. The maximum absolute atomic E-state index is 5.98. The van der Waals surface area contributed by atoms with Gasteiger partial charge in [0.1, 0.15) is 0 Å². The van der Waals surface area contributed by atoms with E-state index >= 15 is 0 Å². The van der Waals surface area contributed by atoms with Gasteiger partial charge in [-0.3, -0.25) is 0 Å². The second-order valence-electron chi connectivity index (χ2n) is 6.70. The lowest BCUT2D eigenvalue weighted by atomic mass is 9.83. The summed E-state index contributed by atoms with van der Waals surface area (Å²) in [6.07, 6.45) is 8.43. The standard InChI is InChI=1S/C17H36O2/c1-15(2)9-12-17(19-6,13-10-16(3)4)11-7-8-14-18-5/h15-16H,7-14H2,1-6H3. The van der Waals surface area contributed by atoms with Crippen LogP contribution in [0.15, 0.2) is 0 Å². The molecule has 0 aliphatic rings. The summed E-state index contributed by atoms with van der Waals surface area (Å²) in [4.78, 5) is 0. The van der Waals surface area contributed by atoms with Crippen LogP contribution in [-0.4, -0.2) is 26.4 Å². The molecule has 0 spiro atoms. The molecule has 0 saturated heterocycles. The predicted octanol–water partition coefficient (Wildman–Crippen LogP) is 5.06. The maximum atomic E-state index is 5.98. The number of hydrogen-bond donors (Lipinski definition) is 0. The SMILES string of the molecule is COCCCCC(CCC(C)C)(CCC(C)C)OC. The Kier molecular flexibility index (Phi) is 10.6. The van der Waals surface area contributed by atoms with Crippen LogP contribution in [0.25, 0.3) is 0 Å². The first-order chi connectivity index (χ1) is 8.95. The Hall–Kier alpha value is -0.0800. The fourth-order valence-electron chi connectivity index (χ4n) is 2.48. The number of hydrogen-bond acceptors (Lipinski definition) is 2. The predicted molar refractivity (Wildman–Crippen MR) is 83.6 cm³/mol. The molecule has 0 aromatic rings. The Morgan fingerprint density at radius 2 is 1.32 bits per heavy atom. The second-order valence-corrected chi connectivity index (χ2v) is 6.70. The molecule has 0 radical (unpaired) electrons. The topological polar surface area (TPSA) is 18.5 Å². The largest absolute Gasteiger partial charge is 0.385 e. The van der Waals surface area contributed by atoms with Gasteiger partial charge in [0.15, 0.2) is 0 Å². The average Bonchev–Trinajstić information content (AvgIpc) is 2.37. The van der Waals surface area contributed by atoms with Crippen molar-refractivity contribution < 1.29 is 9.47 Å². The molecule has 0 aliphatic heterocycles. The molecular formula is C17H36O2. The summed E-state index contributed by atoms with van der Waals surface area (Å²) in [5.74, 6) is 1.51. The molecule has 0 N–H and O–H groups in total. The molecule has 0 unspecified atom stereocenters. The monoisotopic (exact) mass is 272 g/mol. The highest BCUT2D eigenvalue weighted by molar-refractivity contribution is 4.81. The molecule has 0 amide bonds. The van der Waals surface area contributed by atoms with Gasteiger partial charge in [-0.2, -0.15) is 0 Å². The highest BCUT2D eigenvalue weighted by Crippen LogP contribution is 2.32. The van der Waals surface area contributed by atoms with Crippen LogP contribution in [0.5, 0.6) is 0 Å². The van der Waals surface area contributed by atoms with Crippen molar-refractivity contribution in [3.8, 4) is 0 Å². The van der Waals surface area contributed by atoms with E-state index in [2.05, 4.69) is 27.7 Å². The van der Waals surface area contributed by atoms with Crippen molar-refractivity contribution in [2.45, 2.75) is 78.2 Å². The number of unbranched alkanes of at least 4 members (excludes halogenated alkanes) is 1.